The summed E-state index contributed by atoms with van der Waals surface area (Å²) in [5.74, 6) is 1.32. The highest BCUT2D eigenvalue weighted by atomic mass is 16.5. The molecule has 0 atom stereocenters. The van der Waals surface area contributed by atoms with Gasteiger partial charge in [-0.15, -0.1) is 0 Å². The minimum atomic E-state index is -0.135. The molecule has 0 saturated heterocycles. The summed E-state index contributed by atoms with van der Waals surface area (Å²) < 4.78 is 5.50. The molecule has 1 aliphatic rings. The highest BCUT2D eigenvalue weighted by Gasteiger charge is 2.32. The van der Waals surface area contributed by atoms with E-state index in [-0.39, 0.29) is 5.91 Å². The van der Waals surface area contributed by atoms with Gasteiger partial charge >= 0.3 is 0 Å². The fourth-order valence-electron chi connectivity index (χ4n) is 3.41. The van der Waals surface area contributed by atoms with Gasteiger partial charge in [-0.2, -0.15) is 0 Å². The Morgan fingerprint density at radius 1 is 0.933 bits per heavy atom. The van der Waals surface area contributed by atoms with E-state index in [1.165, 1.54) is 0 Å². The molecule has 0 aromatic heterocycles. The molecular weight excluding hydrogens is 372 g/mol. The molecule has 0 unspecified atom stereocenters. The molecule has 0 aliphatic carbocycles. The van der Waals surface area contributed by atoms with Gasteiger partial charge in [0.25, 0.3) is 5.91 Å². The summed E-state index contributed by atoms with van der Waals surface area (Å²) in [6, 6.07) is 23.6. The van der Waals surface area contributed by atoms with Crippen LogP contribution in [0.1, 0.15) is 29.2 Å². The maximum Gasteiger partial charge on any atom is 0.282 e. The lowest BCUT2D eigenvalue weighted by Crippen LogP contribution is -2.32. The molecule has 4 heteroatoms. The third-order valence-corrected chi connectivity index (χ3v) is 4.92. The number of carbonyl (C=O) groups is 1. The van der Waals surface area contributed by atoms with E-state index in [1.54, 1.807) is 4.90 Å². The minimum absolute atomic E-state index is 0.135. The molecule has 1 amide bonds. The first-order valence-electron chi connectivity index (χ1n) is 10.1. The summed E-state index contributed by atoms with van der Waals surface area (Å²) in [4.78, 5) is 19.8. The van der Waals surface area contributed by atoms with E-state index in [9.17, 15) is 4.79 Å². The van der Waals surface area contributed by atoms with Crippen LogP contribution in [0.3, 0.4) is 0 Å². The number of anilines is 1. The second-order valence-corrected chi connectivity index (χ2v) is 7.31. The Morgan fingerprint density at radius 3 is 2.33 bits per heavy atom. The fraction of sp³-hybridized carbons (Fsp3) is 0.154. The van der Waals surface area contributed by atoms with Crippen LogP contribution in [0.15, 0.2) is 83.5 Å². The van der Waals surface area contributed by atoms with Crippen LogP contribution in [-0.4, -0.2) is 18.3 Å². The summed E-state index contributed by atoms with van der Waals surface area (Å²) in [6.07, 6.45) is 1.82. The second kappa shape index (κ2) is 8.37. The van der Waals surface area contributed by atoms with Crippen molar-refractivity contribution < 1.29 is 9.53 Å². The zero-order chi connectivity index (χ0) is 21.1. The first-order chi connectivity index (χ1) is 14.5. The molecule has 0 N–H and O–H groups in total. The Morgan fingerprint density at radius 2 is 1.67 bits per heavy atom. The van der Waals surface area contributed by atoms with Gasteiger partial charge in [-0.3, -0.25) is 9.69 Å². The Hall–Kier alpha value is -3.66. The predicted octanol–water partition coefficient (Wildman–Crippen LogP) is 5.54. The molecule has 0 saturated carbocycles. The first kappa shape index (κ1) is 19.6. The molecule has 1 aliphatic heterocycles. The van der Waals surface area contributed by atoms with Gasteiger partial charge in [0.2, 0.25) is 0 Å². The molecule has 3 aromatic rings. The number of amidine groups is 1. The van der Waals surface area contributed by atoms with Gasteiger partial charge in [-0.25, -0.2) is 4.99 Å². The molecule has 150 valence electrons. The van der Waals surface area contributed by atoms with E-state index in [0.717, 1.165) is 33.7 Å². The molecule has 0 bridgehead atoms. The van der Waals surface area contributed by atoms with Crippen molar-refractivity contribution in [2.75, 3.05) is 11.5 Å². The number of hydrogen-bond acceptors (Lipinski definition) is 3. The van der Waals surface area contributed by atoms with Crippen LogP contribution in [0.2, 0.25) is 0 Å². The predicted molar refractivity (Wildman–Crippen MR) is 122 cm³/mol. The van der Waals surface area contributed by atoms with Crippen molar-refractivity contribution in [2.24, 2.45) is 4.99 Å². The average Bonchev–Trinajstić information content (AvgIpc) is 3.06. The number of hydrogen-bond donors (Lipinski definition) is 0. The van der Waals surface area contributed by atoms with Gasteiger partial charge in [0.1, 0.15) is 17.3 Å². The van der Waals surface area contributed by atoms with Crippen LogP contribution in [0.25, 0.3) is 6.08 Å². The molecule has 0 radical (unpaired) electrons. The standard InChI is InChI=1S/C26H24N2O2/c1-4-30-23-14-10-20(11-15-23)17-24-26(29)28(22-12-8-18(2)9-13-22)25(27-24)21-7-5-6-19(3)16-21/h5-17H,4H2,1-3H3/b24-17+. The number of benzene rings is 3. The average molecular weight is 396 g/mol. The van der Waals surface area contributed by atoms with Crippen molar-refractivity contribution in [3.05, 3.63) is 101 Å². The molecular formula is C26H24N2O2. The van der Waals surface area contributed by atoms with E-state index in [0.29, 0.717) is 18.1 Å². The molecule has 0 spiro atoms. The highest BCUT2D eigenvalue weighted by molar-refractivity contribution is 6.33. The number of aryl methyl sites for hydroxylation is 2. The lowest BCUT2D eigenvalue weighted by molar-refractivity contribution is -0.113. The Labute approximate surface area is 177 Å². The van der Waals surface area contributed by atoms with Crippen molar-refractivity contribution in [2.45, 2.75) is 20.8 Å². The van der Waals surface area contributed by atoms with Crippen LogP contribution in [0.4, 0.5) is 5.69 Å². The van der Waals surface area contributed by atoms with Crippen molar-refractivity contribution in [3.63, 3.8) is 0 Å². The van der Waals surface area contributed by atoms with Crippen molar-refractivity contribution in [3.8, 4) is 5.75 Å². The Balaban J connectivity index is 1.76. The van der Waals surface area contributed by atoms with Crippen LogP contribution in [-0.2, 0) is 4.79 Å². The van der Waals surface area contributed by atoms with Crippen LogP contribution in [0, 0.1) is 13.8 Å². The lowest BCUT2D eigenvalue weighted by Gasteiger charge is -2.19. The molecule has 30 heavy (non-hydrogen) atoms. The maximum atomic E-state index is 13.4. The lowest BCUT2D eigenvalue weighted by atomic mass is 10.1. The molecule has 4 rings (SSSR count). The van der Waals surface area contributed by atoms with Gasteiger partial charge in [-0.1, -0.05) is 53.6 Å². The van der Waals surface area contributed by atoms with Crippen molar-refractivity contribution in [1.29, 1.82) is 0 Å². The van der Waals surface area contributed by atoms with Crippen LogP contribution in [0.5, 0.6) is 5.75 Å². The van der Waals surface area contributed by atoms with Crippen molar-refractivity contribution in [1.82, 2.24) is 0 Å². The second-order valence-electron chi connectivity index (χ2n) is 7.31. The zero-order valence-corrected chi connectivity index (χ0v) is 17.4. The molecule has 4 nitrogen and oxygen atoms in total. The molecule has 1 heterocycles. The van der Waals surface area contributed by atoms with Gasteiger partial charge in [0.05, 0.1) is 12.3 Å². The van der Waals surface area contributed by atoms with E-state index in [2.05, 4.69) is 0 Å². The summed E-state index contributed by atoms with van der Waals surface area (Å²) in [5, 5.41) is 0. The topological polar surface area (TPSA) is 41.9 Å². The number of amides is 1. The van der Waals surface area contributed by atoms with E-state index in [1.807, 2.05) is 99.6 Å². The Bertz CT molecular complexity index is 1130. The fourth-order valence-corrected chi connectivity index (χ4v) is 3.41. The van der Waals surface area contributed by atoms with Gasteiger partial charge in [-0.05, 0) is 62.7 Å². The monoisotopic (exact) mass is 396 g/mol. The summed E-state index contributed by atoms with van der Waals surface area (Å²) in [7, 11) is 0. The summed E-state index contributed by atoms with van der Waals surface area (Å²) in [5.41, 5.74) is 5.30. The number of carbonyl (C=O) groups excluding carboxylic acids is 1. The van der Waals surface area contributed by atoms with E-state index >= 15 is 0 Å². The quantitative estimate of drug-likeness (QED) is 0.532. The molecule has 0 fully saturated rings. The minimum Gasteiger partial charge on any atom is -0.494 e. The third kappa shape index (κ3) is 4.03. The van der Waals surface area contributed by atoms with Gasteiger partial charge in [0, 0.05) is 5.56 Å². The normalized spacial score (nSPS) is 14.9. The molecule has 3 aromatic carbocycles. The smallest absolute Gasteiger partial charge is 0.282 e. The maximum absolute atomic E-state index is 13.4. The van der Waals surface area contributed by atoms with Gasteiger partial charge < -0.3 is 4.74 Å². The largest absolute Gasteiger partial charge is 0.494 e. The number of aliphatic imine (C=N–C) groups is 1. The third-order valence-electron chi connectivity index (χ3n) is 4.92. The zero-order valence-electron chi connectivity index (χ0n) is 17.4. The Kier molecular flexibility index (Phi) is 5.48. The van der Waals surface area contributed by atoms with E-state index in [4.69, 9.17) is 9.73 Å². The number of ether oxygens (including phenoxy) is 1. The van der Waals surface area contributed by atoms with Gasteiger partial charge in [0.15, 0.2) is 0 Å². The summed E-state index contributed by atoms with van der Waals surface area (Å²) in [6.45, 7) is 6.64. The van der Waals surface area contributed by atoms with Crippen molar-refractivity contribution >= 4 is 23.5 Å². The number of nitrogens with zero attached hydrogens (tertiary/aromatic N) is 2. The van der Waals surface area contributed by atoms with Crippen LogP contribution >= 0.6 is 0 Å². The first-order valence-corrected chi connectivity index (χ1v) is 10.1. The highest BCUT2D eigenvalue weighted by Crippen LogP contribution is 2.28. The summed E-state index contributed by atoms with van der Waals surface area (Å²) >= 11 is 0. The van der Waals surface area contributed by atoms with E-state index < -0.39 is 0 Å². The number of rotatable bonds is 5. The van der Waals surface area contributed by atoms with Crippen LogP contribution < -0.4 is 9.64 Å². The SMILES string of the molecule is CCOc1ccc(/C=C2/N=C(c3cccc(C)c3)N(c3ccc(C)cc3)C2=O)cc1.